The summed E-state index contributed by atoms with van der Waals surface area (Å²) < 4.78 is 29.3. The Hall–Kier alpha value is -1.96. The molecule has 8 heteroatoms. The average Bonchev–Trinajstić information content (AvgIpc) is 2.75. The van der Waals surface area contributed by atoms with Crippen LogP contribution in [0.4, 0.5) is 5.95 Å². The van der Waals surface area contributed by atoms with E-state index in [1.54, 1.807) is 24.7 Å². The number of hydrogen-bond donors (Lipinski definition) is 1. The maximum Gasteiger partial charge on any atom is 0.267 e. The van der Waals surface area contributed by atoms with Crippen molar-refractivity contribution in [3.8, 4) is 0 Å². The number of anilines is 1. The lowest BCUT2D eigenvalue weighted by Gasteiger charge is -2.08. The molecule has 114 valence electrons. The van der Waals surface area contributed by atoms with Crippen LogP contribution in [0.25, 0.3) is 0 Å². The zero-order valence-electron chi connectivity index (χ0n) is 12.6. The van der Waals surface area contributed by atoms with Crippen molar-refractivity contribution in [2.24, 2.45) is 7.05 Å². The minimum absolute atomic E-state index is 0.0722. The third-order valence-electron chi connectivity index (χ3n) is 3.14. The largest absolute Gasteiger partial charge is 0.271 e. The molecule has 0 unspecified atom stereocenters. The highest BCUT2D eigenvalue weighted by Crippen LogP contribution is 2.23. The molecule has 0 bridgehead atoms. The molecule has 0 aliphatic rings. The van der Waals surface area contributed by atoms with Gasteiger partial charge in [0.2, 0.25) is 5.95 Å². The smallest absolute Gasteiger partial charge is 0.267 e. The predicted octanol–water partition coefficient (Wildman–Crippen LogP) is 1.44. The average molecular weight is 309 g/mol. The maximum atomic E-state index is 12.6. The summed E-state index contributed by atoms with van der Waals surface area (Å²) in [4.78, 5) is 8.25. The Balaban J connectivity index is 2.49. The van der Waals surface area contributed by atoms with Crippen molar-refractivity contribution in [2.45, 2.75) is 38.5 Å². The molecule has 0 aliphatic heterocycles. The monoisotopic (exact) mass is 309 g/mol. The molecule has 0 atom stereocenters. The number of sulfonamides is 1. The highest BCUT2D eigenvalue weighted by molar-refractivity contribution is 7.92. The minimum Gasteiger partial charge on any atom is -0.271 e. The van der Waals surface area contributed by atoms with E-state index in [-0.39, 0.29) is 10.8 Å². The van der Waals surface area contributed by atoms with Crippen LogP contribution in [0.1, 0.15) is 30.9 Å². The second-order valence-electron chi connectivity index (χ2n) is 4.68. The van der Waals surface area contributed by atoms with E-state index >= 15 is 0 Å². The molecule has 21 heavy (non-hydrogen) atoms. The Kier molecular flexibility index (Phi) is 4.26. The Bertz CT molecular complexity index is 752. The van der Waals surface area contributed by atoms with Gasteiger partial charge in [-0.15, -0.1) is 0 Å². The lowest BCUT2D eigenvalue weighted by Crippen LogP contribution is -2.18. The fourth-order valence-corrected chi connectivity index (χ4v) is 3.72. The van der Waals surface area contributed by atoms with Gasteiger partial charge in [-0.25, -0.2) is 23.1 Å². The summed E-state index contributed by atoms with van der Waals surface area (Å²) in [5, 5.41) is 4.28. The Morgan fingerprint density at radius 1 is 1.29 bits per heavy atom. The summed E-state index contributed by atoms with van der Waals surface area (Å²) in [6.07, 6.45) is 2.64. The first kappa shape index (κ1) is 15.4. The fraction of sp³-hybridized carbons (Fsp3) is 0.462. The minimum atomic E-state index is -3.75. The van der Waals surface area contributed by atoms with Crippen molar-refractivity contribution in [2.75, 3.05) is 4.72 Å². The van der Waals surface area contributed by atoms with Gasteiger partial charge >= 0.3 is 0 Å². The second kappa shape index (κ2) is 5.80. The SMILES string of the molecule is CCc1nn(C)c(CC)c1S(=O)(=O)Nc1nccc(C)n1. The standard InChI is InChI=1S/C13H19N5O2S/c1-5-10-12(11(6-2)18(4)16-10)21(19,20)17-13-14-8-7-9(3)15-13/h7-8H,5-6H2,1-4H3,(H,14,15,17). The normalized spacial score (nSPS) is 11.6. The van der Waals surface area contributed by atoms with Gasteiger partial charge in [-0.2, -0.15) is 5.10 Å². The van der Waals surface area contributed by atoms with E-state index < -0.39 is 10.0 Å². The van der Waals surface area contributed by atoms with Crippen molar-refractivity contribution in [3.05, 3.63) is 29.3 Å². The zero-order valence-corrected chi connectivity index (χ0v) is 13.4. The predicted molar refractivity (Wildman–Crippen MR) is 79.5 cm³/mol. The van der Waals surface area contributed by atoms with Gasteiger partial charge in [0.25, 0.3) is 10.0 Å². The molecule has 2 rings (SSSR count). The summed E-state index contributed by atoms with van der Waals surface area (Å²) in [5.74, 6) is 0.0722. The zero-order chi connectivity index (χ0) is 15.6. The van der Waals surface area contributed by atoms with Gasteiger partial charge in [0.1, 0.15) is 4.90 Å². The molecule has 0 fully saturated rings. The third kappa shape index (κ3) is 3.05. The molecule has 0 aliphatic carbocycles. The number of hydrogen-bond acceptors (Lipinski definition) is 5. The molecule has 0 aromatic carbocycles. The van der Waals surface area contributed by atoms with Crippen LogP contribution in [-0.4, -0.2) is 28.2 Å². The number of nitrogens with zero attached hydrogens (tertiary/aromatic N) is 4. The van der Waals surface area contributed by atoms with Gasteiger partial charge < -0.3 is 0 Å². The van der Waals surface area contributed by atoms with E-state index in [1.165, 1.54) is 6.20 Å². The third-order valence-corrected chi connectivity index (χ3v) is 4.60. The highest BCUT2D eigenvalue weighted by Gasteiger charge is 2.27. The van der Waals surface area contributed by atoms with Crippen molar-refractivity contribution in [1.82, 2.24) is 19.7 Å². The van der Waals surface area contributed by atoms with Gasteiger partial charge in [0.15, 0.2) is 0 Å². The lowest BCUT2D eigenvalue weighted by atomic mass is 10.2. The molecule has 7 nitrogen and oxygen atoms in total. The maximum absolute atomic E-state index is 12.6. The summed E-state index contributed by atoms with van der Waals surface area (Å²) >= 11 is 0. The number of aryl methyl sites for hydroxylation is 3. The first-order chi connectivity index (χ1) is 9.89. The topological polar surface area (TPSA) is 89.8 Å². The van der Waals surface area contributed by atoms with Gasteiger partial charge in [0, 0.05) is 18.9 Å². The van der Waals surface area contributed by atoms with Crippen LogP contribution >= 0.6 is 0 Å². The van der Waals surface area contributed by atoms with E-state index in [2.05, 4.69) is 19.8 Å². The Labute approximate surface area is 124 Å². The molecule has 0 spiro atoms. The molecule has 2 heterocycles. The summed E-state index contributed by atoms with van der Waals surface area (Å²) in [7, 11) is -2.00. The highest BCUT2D eigenvalue weighted by atomic mass is 32.2. The molecular formula is C13H19N5O2S. The van der Waals surface area contributed by atoms with Crippen LogP contribution in [0.5, 0.6) is 0 Å². The van der Waals surface area contributed by atoms with Crippen LogP contribution in [0.2, 0.25) is 0 Å². The summed E-state index contributed by atoms with van der Waals surface area (Å²) in [6, 6.07) is 1.71. The number of rotatable bonds is 5. The van der Waals surface area contributed by atoms with Gasteiger partial charge in [0.05, 0.1) is 11.4 Å². The molecule has 0 amide bonds. The van der Waals surface area contributed by atoms with Crippen LogP contribution in [-0.2, 0) is 29.9 Å². The van der Waals surface area contributed by atoms with E-state index in [9.17, 15) is 8.42 Å². The first-order valence-electron chi connectivity index (χ1n) is 6.76. The fourth-order valence-electron chi connectivity index (χ4n) is 2.20. The van der Waals surface area contributed by atoms with Crippen molar-refractivity contribution in [1.29, 1.82) is 0 Å². The second-order valence-corrected chi connectivity index (χ2v) is 6.30. The molecular weight excluding hydrogens is 290 g/mol. The van der Waals surface area contributed by atoms with Crippen LogP contribution in [0, 0.1) is 6.92 Å². The van der Waals surface area contributed by atoms with Crippen LogP contribution in [0.15, 0.2) is 17.2 Å². The number of aromatic nitrogens is 4. The molecule has 1 N–H and O–H groups in total. The first-order valence-corrected chi connectivity index (χ1v) is 8.24. The Morgan fingerprint density at radius 3 is 2.57 bits per heavy atom. The quantitative estimate of drug-likeness (QED) is 0.902. The van der Waals surface area contributed by atoms with Gasteiger partial charge in [-0.3, -0.25) is 4.68 Å². The van der Waals surface area contributed by atoms with Gasteiger partial charge in [-0.1, -0.05) is 13.8 Å². The summed E-state index contributed by atoms with van der Waals surface area (Å²) in [5.41, 5.74) is 1.92. The van der Waals surface area contributed by atoms with Crippen molar-refractivity contribution < 1.29 is 8.42 Å². The van der Waals surface area contributed by atoms with Crippen LogP contribution in [0.3, 0.4) is 0 Å². The van der Waals surface area contributed by atoms with E-state index in [0.717, 1.165) is 0 Å². The van der Waals surface area contributed by atoms with Crippen LogP contribution < -0.4 is 4.72 Å². The Morgan fingerprint density at radius 2 is 2.00 bits per heavy atom. The van der Waals surface area contributed by atoms with E-state index in [0.29, 0.717) is 29.9 Å². The molecule has 0 saturated carbocycles. The molecule has 0 saturated heterocycles. The summed E-state index contributed by atoms with van der Waals surface area (Å²) in [6.45, 7) is 5.56. The molecule has 0 radical (unpaired) electrons. The van der Waals surface area contributed by atoms with E-state index in [1.807, 2.05) is 13.8 Å². The van der Waals surface area contributed by atoms with Gasteiger partial charge in [-0.05, 0) is 25.8 Å². The van der Waals surface area contributed by atoms with E-state index in [4.69, 9.17) is 0 Å². The molecule has 2 aromatic rings. The number of nitrogens with one attached hydrogen (secondary N) is 1. The molecule has 2 aromatic heterocycles. The lowest BCUT2D eigenvalue weighted by molar-refractivity contribution is 0.598. The van der Waals surface area contributed by atoms with Crippen molar-refractivity contribution in [3.63, 3.8) is 0 Å². The van der Waals surface area contributed by atoms with Crippen molar-refractivity contribution >= 4 is 16.0 Å².